The van der Waals surface area contributed by atoms with Gasteiger partial charge in [-0.1, -0.05) is 12.1 Å². The molecule has 0 unspecified atom stereocenters. The maximum absolute atomic E-state index is 13.1. The number of imidazole rings is 1. The molecule has 0 amide bonds. The third-order valence-corrected chi connectivity index (χ3v) is 2.88. The molecule has 0 bridgehead atoms. The Morgan fingerprint density at radius 1 is 1.29 bits per heavy atom. The first kappa shape index (κ1) is 15.4. The molecule has 0 spiro atoms. The second kappa shape index (κ2) is 6.17. The van der Waals surface area contributed by atoms with Gasteiger partial charge in [0.2, 0.25) is 5.95 Å². The van der Waals surface area contributed by atoms with Crippen LogP contribution in [0.3, 0.4) is 0 Å². The summed E-state index contributed by atoms with van der Waals surface area (Å²) in [4.78, 5) is 4.21. The first-order valence-electron chi connectivity index (χ1n) is 6.39. The van der Waals surface area contributed by atoms with Crippen LogP contribution in [0.4, 0.5) is 19.1 Å². The minimum absolute atomic E-state index is 0.0468. The lowest BCUT2D eigenvalue weighted by atomic mass is 10.1. The van der Waals surface area contributed by atoms with E-state index in [1.807, 2.05) is 0 Å². The van der Waals surface area contributed by atoms with Crippen LogP contribution < -0.4 is 5.32 Å². The van der Waals surface area contributed by atoms with Crippen LogP contribution in [0, 0.1) is 6.92 Å². The zero-order valence-corrected chi connectivity index (χ0v) is 11.7. The third kappa shape index (κ3) is 3.55. The zero-order valence-electron chi connectivity index (χ0n) is 11.7. The Morgan fingerprint density at radius 2 is 2.00 bits per heavy atom. The molecule has 2 rings (SSSR count). The van der Waals surface area contributed by atoms with Crippen molar-refractivity contribution in [1.82, 2.24) is 9.55 Å². The molecule has 1 N–H and O–H groups in total. The smallest absolute Gasteiger partial charge is 0.383 e. The number of nitrogens with zero attached hydrogens (tertiary/aromatic N) is 2. The van der Waals surface area contributed by atoms with Gasteiger partial charge in [0.05, 0.1) is 23.6 Å². The van der Waals surface area contributed by atoms with Crippen LogP contribution in [0.2, 0.25) is 0 Å². The highest BCUT2D eigenvalue weighted by Gasteiger charge is 2.34. The first-order chi connectivity index (χ1) is 9.93. The van der Waals surface area contributed by atoms with Crippen molar-refractivity contribution >= 4 is 5.95 Å². The molecule has 0 aliphatic carbocycles. The summed E-state index contributed by atoms with van der Waals surface area (Å²) in [6.07, 6.45) is -2.85. The molecular weight excluding hydrogens is 283 g/mol. The van der Waals surface area contributed by atoms with Gasteiger partial charge in [-0.15, -0.1) is 0 Å². The van der Waals surface area contributed by atoms with Crippen LogP contribution in [0.1, 0.15) is 11.3 Å². The Bertz CT molecular complexity index is 608. The van der Waals surface area contributed by atoms with Crippen molar-refractivity contribution < 1.29 is 17.9 Å². The highest BCUT2D eigenvalue weighted by Crippen LogP contribution is 2.34. The molecule has 0 radical (unpaired) electrons. The standard InChI is InChI=1S/C14H16F3N3O/c1-10-9-20(13(19-10)18-7-8-21-2)12-6-4-3-5-11(12)14(15,16)17/h3-6,9H,7-8H2,1-2H3,(H,18,19). The van der Waals surface area contributed by atoms with Crippen molar-refractivity contribution in [3.63, 3.8) is 0 Å². The van der Waals surface area contributed by atoms with E-state index < -0.39 is 11.7 Å². The number of halogens is 3. The summed E-state index contributed by atoms with van der Waals surface area (Å²) in [5.41, 5.74) is -0.0189. The zero-order chi connectivity index (χ0) is 15.5. The average molecular weight is 299 g/mol. The van der Waals surface area contributed by atoms with E-state index in [0.29, 0.717) is 24.8 Å². The third-order valence-electron chi connectivity index (χ3n) is 2.88. The fourth-order valence-electron chi connectivity index (χ4n) is 1.99. The number of methoxy groups -OCH3 is 1. The van der Waals surface area contributed by atoms with Gasteiger partial charge in [-0.2, -0.15) is 13.2 Å². The molecule has 1 heterocycles. The Labute approximate surface area is 120 Å². The molecule has 1 aromatic carbocycles. The molecule has 2 aromatic rings. The number of benzene rings is 1. The molecule has 0 saturated carbocycles. The lowest BCUT2D eigenvalue weighted by molar-refractivity contribution is -0.137. The highest BCUT2D eigenvalue weighted by atomic mass is 19.4. The van der Waals surface area contributed by atoms with Crippen LogP contribution in [0.25, 0.3) is 5.69 Å². The van der Waals surface area contributed by atoms with Crippen LogP contribution in [0.5, 0.6) is 0 Å². The van der Waals surface area contributed by atoms with Gasteiger partial charge in [0, 0.05) is 19.9 Å². The van der Waals surface area contributed by atoms with E-state index >= 15 is 0 Å². The topological polar surface area (TPSA) is 39.1 Å². The summed E-state index contributed by atoms with van der Waals surface area (Å²) in [6.45, 7) is 2.63. The number of ether oxygens (including phenoxy) is 1. The number of alkyl halides is 3. The summed E-state index contributed by atoms with van der Waals surface area (Å²) < 4.78 is 45.6. The Morgan fingerprint density at radius 3 is 2.67 bits per heavy atom. The summed E-state index contributed by atoms with van der Waals surface area (Å²) in [5, 5.41) is 2.97. The summed E-state index contributed by atoms with van der Waals surface area (Å²) in [5.74, 6) is 0.362. The fourth-order valence-corrected chi connectivity index (χ4v) is 1.99. The maximum atomic E-state index is 13.1. The van der Waals surface area contributed by atoms with E-state index in [4.69, 9.17) is 4.74 Å². The van der Waals surface area contributed by atoms with Gasteiger partial charge in [-0.25, -0.2) is 4.98 Å². The molecule has 7 heteroatoms. The summed E-state index contributed by atoms with van der Waals surface area (Å²) in [6, 6.07) is 5.42. The molecule has 0 fully saturated rings. The number of aromatic nitrogens is 2. The van der Waals surface area contributed by atoms with Crippen molar-refractivity contribution in [2.75, 3.05) is 25.6 Å². The molecule has 21 heavy (non-hydrogen) atoms. The monoisotopic (exact) mass is 299 g/mol. The predicted octanol–water partition coefficient (Wildman–Crippen LogP) is 3.26. The van der Waals surface area contributed by atoms with Crippen molar-refractivity contribution in [3.8, 4) is 5.69 Å². The number of hydrogen-bond donors (Lipinski definition) is 1. The van der Waals surface area contributed by atoms with Gasteiger partial charge in [0.1, 0.15) is 0 Å². The maximum Gasteiger partial charge on any atom is 0.418 e. The number of para-hydroxylation sites is 1. The minimum atomic E-state index is -4.42. The van der Waals surface area contributed by atoms with E-state index in [1.165, 1.54) is 16.7 Å². The van der Waals surface area contributed by atoms with Gasteiger partial charge >= 0.3 is 6.18 Å². The second-order valence-electron chi connectivity index (χ2n) is 4.51. The Hall–Kier alpha value is -2.02. The molecule has 1 aromatic heterocycles. The van der Waals surface area contributed by atoms with Crippen LogP contribution >= 0.6 is 0 Å². The van der Waals surface area contributed by atoms with Gasteiger partial charge < -0.3 is 10.1 Å². The lowest BCUT2D eigenvalue weighted by Crippen LogP contribution is -2.14. The van der Waals surface area contributed by atoms with E-state index in [2.05, 4.69) is 10.3 Å². The molecule has 0 atom stereocenters. The molecule has 0 saturated heterocycles. The van der Waals surface area contributed by atoms with E-state index in [0.717, 1.165) is 6.07 Å². The number of nitrogens with one attached hydrogen (secondary N) is 1. The van der Waals surface area contributed by atoms with Crippen molar-refractivity contribution in [2.24, 2.45) is 0 Å². The largest absolute Gasteiger partial charge is 0.418 e. The second-order valence-corrected chi connectivity index (χ2v) is 4.51. The number of aryl methyl sites for hydroxylation is 1. The summed E-state index contributed by atoms with van der Waals surface area (Å²) >= 11 is 0. The van der Waals surface area contributed by atoms with Crippen molar-refractivity contribution in [3.05, 3.63) is 41.7 Å². The molecular formula is C14H16F3N3O. The van der Waals surface area contributed by atoms with Crippen LogP contribution in [0.15, 0.2) is 30.5 Å². The van der Waals surface area contributed by atoms with Crippen LogP contribution in [-0.4, -0.2) is 29.8 Å². The lowest BCUT2D eigenvalue weighted by Gasteiger charge is -2.15. The van der Waals surface area contributed by atoms with Crippen molar-refractivity contribution in [1.29, 1.82) is 0 Å². The Balaban J connectivity index is 2.43. The number of hydrogen-bond acceptors (Lipinski definition) is 3. The molecule has 4 nitrogen and oxygen atoms in total. The molecule has 0 aliphatic heterocycles. The van der Waals surface area contributed by atoms with E-state index in [9.17, 15) is 13.2 Å². The summed E-state index contributed by atoms with van der Waals surface area (Å²) in [7, 11) is 1.55. The highest BCUT2D eigenvalue weighted by molar-refractivity contribution is 5.49. The van der Waals surface area contributed by atoms with E-state index in [1.54, 1.807) is 26.3 Å². The van der Waals surface area contributed by atoms with Crippen LogP contribution in [-0.2, 0) is 10.9 Å². The fraction of sp³-hybridized carbons (Fsp3) is 0.357. The van der Waals surface area contributed by atoms with Gasteiger partial charge in [0.25, 0.3) is 0 Å². The SMILES string of the molecule is COCCNc1nc(C)cn1-c1ccccc1C(F)(F)F. The Kier molecular flexibility index (Phi) is 4.52. The van der Waals surface area contributed by atoms with Crippen molar-refractivity contribution in [2.45, 2.75) is 13.1 Å². The molecule has 0 aliphatic rings. The first-order valence-corrected chi connectivity index (χ1v) is 6.39. The van der Waals surface area contributed by atoms with E-state index in [-0.39, 0.29) is 5.69 Å². The average Bonchev–Trinajstić information content (AvgIpc) is 2.79. The normalized spacial score (nSPS) is 11.7. The predicted molar refractivity (Wildman–Crippen MR) is 73.7 cm³/mol. The number of rotatable bonds is 5. The molecule has 114 valence electrons. The van der Waals surface area contributed by atoms with Gasteiger partial charge in [-0.05, 0) is 19.1 Å². The minimum Gasteiger partial charge on any atom is -0.383 e. The number of anilines is 1. The quantitative estimate of drug-likeness (QED) is 0.861. The van der Waals surface area contributed by atoms with Gasteiger partial charge in [-0.3, -0.25) is 4.57 Å². The van der Waals surface area contributed by atoms with Gasteiger partial charge in [0.15, 0.2) is 0 Å².